The van der Waals surface area contributed by atoms with Gasteiger partial charge >= 0.3 is 0 Å². The summed E-state index contributed by atoms with van der Waals surface area (Å²) in [5, 5.41) is 7.90. The Balaban J connectivity index is 1.91. The van der Waals surface area contributed by atoms with E-state index in [1.165, 1.54) is 30.4 Å². The third-order valence-corrected chi connectivity index (χ3v) is 5.93. The van der Waals surface area contributed by atoms with Crippen molar-refractivity contribution in [2.45, 2.75) is 43.5 Å². The van der Waals surface area contributed by atoms with Crippen molar-refractivity contribution in [3.63, 3.8) is 0 Å². The summed E-state index contributed by atoms with van der Waals surface area (Å²) in [5.74, 6) is 0.917. The van der Waals surface area contributed by atoms with Crippen LogP contribution in [0.15, 0.2) is 29.3 Å². The van der Waals surface area contributed by atoms with Crippen LogP contribution in [-0.2, 0) is 0 Å². The number of rotatable bonds is 6. The van der Waals surface area contributed by atoms with Gasteiger partial charge in [-0.05, 0) is 52.1 Å². The van der Waals surface area contributed by atoms with E-state index in [2.05, 4.69) is 72.1 Å². The predicted octanol–water partition coefficient (Wildman–Crippen LogP) is 3.05. The topological polar surface area (TPSA) is 39.7 Å². The second kappa shape index (κ2) is 9.33. The summed E-state index contributed by atoms with van der Waals surface area (Å²) in [6.45, 7) is 2.97. The zero-order valence-electron chi connectivity index (χ0n) is 15.7. The van der Waals surface area contributed by atoms with Gasteiger partial charge in [0, 0.05) is 24.9 Å². The molecular formula is C19H32N4S. The van der Waals surface area contributed by atoms with Crippen molar-refractivity contribution in [3.05, 3.63) is 35.4 Å². The van der Waals surface area contributed by atoms with E-state index >= 15 is 0 Å². The lowest BCUT2D eigenvalue weighted by Gasteiger charge is -2.27. The van der Waals surface area contributed by atoms with E-state index in [-0.39, 0.29) is 0 Å². The number of benzene rings is 1. The molecular weight excluding hydrogens is 316 g/mol. The third kappa shape index (κ3) is 5.42. The lowest BCUT2D eigenvalue weighted by atomic mass is 10.0. The highest BCUT2D eigenvalue weighted by atomic mass is 32.2. The number of aliphatic imine (C=N–C) groups is 1. The summed E-state index contributed by atoms with van der Waals surface area (Å²) >= 11 is 1.98. The minimum absolute atomic E-state index is 0.326. The van der Waals surface area contributed by atoms with Crippen molar-refractivity contribution in [3.8, 4) is 0 Å². The molecule has 0 bridgehead atoms. The smallest absolute Gasteiger partial charge is 0.191 e. The molecule has 0 aromatic heterocycles. The zero-order valence-corrected chi connectivity index (χ0v) is 16.5. The number of hydrogen-bond donors (Lipinski definition) is 2. The molecule has 0 aliphatic heterocycles. The summed E-state index contributed by atoms with van der Waals surface area (Å²) in [4.78, 5) is 6.66. The highest BCUT2D eigenvalue weighted by molar-refractivity contribution is 7.99. The lowest BCUT2D eigenvalue weighted by molar-refractivity contribution is 0.298. The van der Waals surface area contributed by atoms with Crippen LogP contribution < -0.4 is 10.6 Å². The van der Waals surface area contributed by atoms with Crippen LogP contribution in [-0.4, -0.2) is 56.1 Å². The highest BCUT2D eigenvalue weighted by Gasteiger charge is 2.24. The van der Waals surface area contributed by atoms with Crippen LogP contribution in [0, 0.1) is 6.92 Å². The average molecular weight is 349 g/mol. The van der Waals surface area contributed by atoms with Gasteiger partial charge in [0.2, 0.25) is 0 Å². The number of guanidine groups is 1. The molecule has 0 heterocycles. The van der Waals surface area contributed by atoms with Gasteiger partial charge in [-0.25, -0.2) is 0 Å². The van der Waals surface area contributed by atoms with Crippen LogP contribution in [0.3, 0.4) is 0 Å². The van der Waals surface area contributed by atoms with Crippen LogP contribution in [0.2, 0.25) is 0 Å². The summed E-state index contributed by atoms with van der Waals surface area (Å²) in [6.07, 6.45) is 5.99. The Morgan fingerprint density at radius 2 is 2.00 bits per heavy atom. The normalized spacial score (nSPS) is 22.7. The first-order chi connectivity index (χ1) is 11.5. The molecule has 1 aliphatic rings. The lowest BCUT2D eigenvalue weighted by Crippen LogP contribution is -2.45. The van der Waals surface area contributed by atoms with Crippen LogP contribution >= 0.6 is 11.8 Å². The minimum atomic E-state index is 0.326. The van der Waals surface area contributed by atoms with Crippen molar-refractivity contribution in [1.82, 2.24) is 15.5 Å². The van der Waals surface area contributed by atoms with Gasteiger partial charge < -0.3 is 15.5 Å². The Bertz CT molecular complexity index is 527. The maximum absolute atomic E-state index is 4.41. The van der Waals surface area contributed by atoms with Crippen LogP contribution in [0.25, 0.3) is 0 Å². The molecule has 3 atom stereocenters. The number of nitrogens with zero attached hydrogens (tertiary/aromatic N) is 2. The fourth-order valence-corrected chi connectivity index (χ4v) is 4.05. The van der Waals surface area contributed by atoms with Gasteiger partial charge in [0.1, 0.15) is 0 Å². The molecule has 0 saturated heterocycles. The minimum Gasteiger partial charge on any atom is -0.354 e. The number of nitrogens with one attached hydrogen (secondary N) is 2. The summed E-state index contributed by atoms with van der Waals surface area (Å²) in [5.41, 5.74) is 2.63. The summed E-state index contributed by atoms with van der Waals surface area (Å²) in [7, 11) is 6.11. The first-order valence-corrected chi connectivity index (χ1v) is 10.0. The molecule has 134 valence electrons. The van der Waals surface area contributed by atoms with E-state index in [9.17, 15) is 0 Å². The molecule has 4 nitrogen and oxygen atoms in total. The number of aryl methyl sites for hydroxylation is 1. The van der Waals surface area contributed by atoms with Crippen LogP contribution in [0.1, 0.15) is 36.4 Å². The second-order valence-corrected chi connectivity index (χ2v) is 7.99. The molecule has 3 unspecified atom stereocenters. The predicted molar refractivity (Wildman–Crippen MR) is 107 cm³/mol. The number of hydrogen-bond acceptors (Lipinski definition) is 3. The molecule has 24 heavy (non-hydrogen) atoms. The maximum atomic E-state index is 4.41. The Morgan fingerprint density at radius 3 is 2.54 bits per heavy atom. The van der Waals surface area contributed by atoms with Gasteiger partial charge in [-0.1, -0.05) is 29.8 Å². The van der Waals surface area contributed by atoms with E-state index < -0.39 is 0 Å². The van der Waals surface area contributed by atoms with E-state index in [4.69, 9.17) is 0 Å². The molecule has 5 heteroatoms. The SMILES string of the molecule is CN=C(NCC(c1ccc(C)cc1)N(C)C)NC1CCC(SC)C1. The van der Waals surface area contributed by atoms with Crippen molar-refractivity contribution in [1.29, 1.82) is 0 Å². The van der Waals surface area contributed by atoms with E-state index in [0.29, 0.717) is 12.1 Å². The molecule has 1 saturated carbocycles. The van der Waals surface area contributed by atoms with Crippen LogP contribution in [0.5, 0.6) is 0 Å². The van der Waals surface area contributed by atoms with Gasteiger partial charge in [0.25, 0.3) is 0 Å². The van der Waals surface area contributed by atoms with Crippen LogP contribution in [0.4, 0.5) is 0 Å². The van der Waals surface area contributed by atoms with Crippen molar-refractivity contribution < 1.29 is 0 Å². The highest BCUT2D eigenvalue weighted by Crippen LogP contribution is 2.28. The van der Waals surface area contributed by atoms with E-state index in [1.54, 1.807) is 0 Å². The summed E-state index contributed by atoms with van der Waals surface area (Å²) < 4.78 is 0. The van der Waals surface area contributed by atoms with E-state index in [1.807, 2.05) is 18.8 Å². The maximum Gasteiger partial charge on any atom is 0.191 e. The Hall–Kier alpha value is -1.20. The van der Waals surface area contributed by atoms with Gasteiger partial charge in [-0.3, -0.25) is 4.99 Å². The first-order valence-electron chi connectivity index (χ1n) is 8.76. The largest absolute Gasteiger partial charge is 0.354 e. The molecule has 0 radical (unpaired) electrons. The van der Waals surface area contributed by atoms with Gasteiger partial charge in [-0.15, -0.1) is 0 Å². The number of thioether (sulfide) groups is 1. The molecule has 1 fully saturated rings. The Kier molecular flexibility index (Phi) is 7.43. The molecule has 0 amide bonds. The fourth-order valence-electron chi connectivity index (χ4n) is 3.25. The Labute approximate surface area is 151 Å². The molecule has 1 aromatic carbocycles. The Morgan fingerprint density at radius 1 is 1.29 bits per heavy atom. The van der Waals surface area contributed by atoms with Gasteiger partial charge in [-0.2, -0.15) is 11.8 Å². The van der Waals surface area contributed by atoms with Crippen molar-refractivity contribution >= 4 is 17.7 Å². The summed E-state index contributed by atoms with van der Waals surface area (Å²) in [6, 6.07) is 9.67. The van der Waals surface area contributed by atoms with Gasteiger partial charge in [0.15, 0.2) is 5.96 Å². The van der Waals surface area contributed by atoms with Crippen molar-refractivity contribution in [2.75, 3.05) is 33.9 Å². The zero-order chi connectivity index (χ0) is 17.5. The molecule has 0 spiro atoms. The molecule has 2 rings (SSSR count). The second-order valence-electron chi connectivity index (χ2n) is 6.86. The molecule has 1 aliphatic carbocycles. The third-order valence-electron chi connectivity index (χ3n) is 4.83. The van der Waals surface area contributed by atoms with E-state index in [0.717, 1.165) is 17.8 Å². The molecule has 2 N–H and O–H groups in total. The number of likely N-dealkylation sites (N-methyl/N-ethyl adjacent to an activating group) is 1. The standard InChI is InChI=1S/C19H32N4S/c1-14-6-8-15(9-7-14)18(23(3)4)13-21-19(20-2)22-16-10-11-17(12-16)24-5/h6-9,16-18H,10-13H2,1-5H3,(H2,20,21,22). The van der Waals surface area contributed by atoms with Crippen molar-refractivity contribution in [2.24, 2.45) is 4.99 Å². The quantitative estimate of drug-likeness (QED) is 0.612. The fraction of sp³-hybridized carbons (Fsp3) is 0.632. The monoisotopic (exact) mass is 348 g/mol. The van der Waals surface area contributed by atoms with Gasteiger partial charge in [0.05, 0.1) is 6.04 Å². The first kappa shape index (κ1) is 19.1. The molecule has 1 aromatic rings. The average Bonchev–Trinajstić information content (AvgIpc) is 3.03.